The lowest BCUT2D eigenvalue weighted by molar-refractivity contribution is -0.0317. The van der Waals surface area contributed by atoms with E-state index in [1.54, 1.807) is 6.33 Å². The first-order valence-corrected chi connectivity index (χ1v) is 8.50. The lowest BCUT2D eigenvalue weighted by atomic mass is 9.85. The van der Waals surface area contributed by atoms with E-state index in [0.29, 0.717) is 12.0 Å². The maximum atomic E-state index is 10.1. The van der Waals surface area contributed by atoms with Crippen molar-refractivity contribution in [3.63, 3.8) is 0 Å². The number of hydrogen-bond donors (Lipinski definition) is 3. The summed E-state index contributed by atoms with van der Waals surface area (Å²) in [6, 6.07) is 0.546. The lowest BCUT2D eigenvalue weighted by Crippen LogP contribution is -2.38. The minimum absolute atomic E-state index is 0.198. The van der Waals surface area contributed by atoms with Crippen LogP contribution in [0.25, 0.3) is 11.2 Å². The number of aliphatic hydroxyl groups is 2. The Hall–Kier alpha value is -1.73. The molecular formula is C16H21N5O2. The summed E-state index contributed by atoms with van der Waals surface area (Å²) in [4.78, 5) is 13.2. The van der Waals surface area contributed by atoms with Gasteiger partial charge < -0.3 is 20.1 Å². The molecule has 0 spiro atoms. The van der Waals surface area contributed by atoms with E-state index >= 15 is 0 Å². The zero-order valence-electron chi connectivity index (χ0n) is 12.8. The number of hydrogen-bond acceptors (Lipinski definition) is 6. The SMILES string of the molecule is O[C@H]1[C@@H]2C[C@H](CNc3ncnc4c3ncn4C3CC3)[C@@H](C2)[C@H]1O. The molecule has 2 aromatic heterocycles. The largest absolute Gasteiger partial charge is 0.390 e. The van der Waals surface area contributed by atoms with Crippen molar-refractivity contribution in [3.05, 3.63) is 12.7 Å². The third kappa shape index (κ3) is 2.06. The van der Waals surface area contributed by atoms with Crippen molar-refractivity contribution in [3.8, 4) is 0 Å². The van der Waals surface area contributed by atoms with Gasteiger partial charge in [0.2, 0.25) is 0 Å². The molecule has 7 heteroatoms. The highest BCUT2D eigenvalue weighted by atomic mass is 16.3. The van der Waals surface area contributed by atoms with Crippen LogP contribution < -0.4 is 5.32 Å². The van der Waals surface area contributed by atoms with E-state index in [0.717, 1.165) is 36.4 Å². The molecule has 2 bridgehead atoms. The highest BCUT2D eigenvalue weighted by molar-refractivity contribution is 5.82. The third-order valence-corrected chi connectivity index (χ3v) is 5.89. The monoisotopic (exact) mass is 315 g/mol. The second-order valence-corrected chi connectivity index (χ2v) is 7.30. The predicted octanol–water partition coefficient (Wildman–Crippen LogP) is 0.951. The number of rotatable bonds is 4. The highest BCUT2D eigenvalue weighted by Crippen LogP contribution is 2.48. The van der Waals surface area contributed by atoms with Crippen LogP contribution in [0.5, 0.6) is 0 Å². The summed E-state index contributed by atoms with van der Waals surface area (Å²) in [6.07, 6.45) is 6.65. The average molecular weight is 315 g/mol. The van der Waals surface area contributed by atoms with Gasteiger partial charge in [-0.05, 0) is 43.4 Å². The van der Waals surface area contributed by atoms with E-state index in [1.807, 2.05) is 6.33 Å². The molecule has 23 heavy (non-hydrogen) atoms. The van der Waals surface area contributed by atoms with Gasteiger partial charge in [-0.2, -0.15) is 0 Å². The number of nitrogens with one attached hydrogen (secondary N) is 1. The van der Waals surface area contributed by atoms with Crippen LogP contribution in [-0.2, 0) is 0 Å². The van der Waals surface area contributed by atoms with Gasteiger partial charge in [-0.1, -0.05) is 0 Å². The van der Waals surface area contributed by atoms with Crippen molar-refractivity contribution < 1.29 is 10.2 Å². The summed E-state index contributed by atoms with van der Waals surface area (Å²) < 4.78 is 2.14. The van der Waals surface area contributed by atoms with Crippen LogP contribution in [0.4, 0.5) is 5.82 Å². The van der Waals surface area contributed by atoms with Gasteiger partial charge in [0.15, 0.2) is 11.5 Å². The smallest absolute Gasteiger partial charge is 0.165 e. The summed E-state index contributed by atoms with van der Waals surface area (Å²) in [5, 5.41) is 23.4. The molecule has 3 aliphatic rings. The van der Waals surface area contributed by atoms with Gasteiger partial charge in [0, 0.05) is 12.6 Å². The van der Waals surface area contributed by atoms with E-state index < -0.39 is 12.2 Å². The topological polar surface area (TPSA) is 96.1 Å². The fourth-order valence-electron chi connectivity index (χ4n) is 4.49. The molecule has 3 saturated carbocycles. The average Bonchev–Trinajstić information content (AvgIpc) is 3.07. The molecule has 3 aliphatic carbocycles. The fraction of sp³-hybridized carbons (Fsp3) is 0.688. The molecule has 2 aromatic rings. The van der Waals surface area contributed by atoms with E-state index in [1.165, 1.54) is 12.8 Å². The number of imidazole rings is 1. The standard InChI is InChI=1S/C16H21N5O2/c22-13-8-3-9(11(4-8)14(13)23)5-17-15-12-16(19-6-18-15)21(7-20-12)10-1-2-10/h6-11,13-14,22-23H,1-5H2,(H,17,18,19)/t8-,9-,11-,13+,14-/m1/s1. The van der Waals surface area contributed by atoms with Crippen LogP contribution in [-0.4, -0.2) is 48.5 Å². The summed E-state index contributed by atoms with van der Waals surface area (Å²) in [5.74, 6) is 1.60. The Kier molecular flexibility index (Phi) is 2.90. The van der Waals surface area contributed by atoms with Crippen LogP contribution in [0.2, 0.25) is 0 Å². The normalized spacial score (nSPS) is 36.0. The minimum Gasteiger partial charge on any atom is -0.390 e. The Labute approximate surface area is 133 Å². The molecule has 5 atom stereocenters. The summed E-state index contributed by atoms with van der Waals surface area (Å²) >= 11 is 0. The first-order valence-electron chi connectivity index (χ1n) is 8.50. The zero-order valence-corrected chi connectivity index (χ0v) is 12.8. The molecule has 122 valence electrons. The number of nitrogens with zero attached hydrogens (tertiary/aromatic N) is 4. The van der Waals surface area contributed by atoms with Crippen molar-refractivity contribution in [2.24, 2.45) is 17.8 Å². The van der Waals surface area contributed by atoms with Gasteiger partial charge in [-0.15, -0.1) is 0 Å². The van der Waals surface area contributed by atoms with Crippen molar-refractivity contribution in [1.29, 1.82) is 0 Å². The van der Waals surface area contributed by atoms with E-state index in [9.17, 15) is 10.2 Å². The maximum absolute atomic E-state index is 10.1. The molecule has 0 unspecified atom stereocenters. The van der Waals surface area contributed by atoms with E-state index in [2.05, 4.69) is 24.8 Å². The molecule has 2 heterocycles. The number of fused-ring (bicyclic) bond motifs is 3. The molecule has 7 nitrogen and oxygen atoms in total. The van der Waals surface area contributed by atoms with E-state index in [4.69, 9.17) is 0 Å². The van der Waals surface area contributed by atoms with Gasteiger partial charge in [0.25, 0.3) is 0 Å². The number of aromatic nitrogens is 4. The van der Waals surface area contributed by atoms with Crippen LogP contribution in [0.3, 0.4) is 0 Å². The first-order chi connectivity index (χ1) is 11.2. The molecule has 3 N–H and O–H groups in total. The molecule has 0 aromatic carbocycles. The molecule has 0 saturated heterocycles. The lowest BCUT2D eigenvalue weighted by Gasteiger charge is -2.29. The van der Waals surface area contributed by atoms with E-state index in [-0.39, 0.29) is 11.8 Å². The van der Waals surface area contributed by atoms with Gasteiger partial charge in [0.05, 0.1) is 18.5 Å². The maximum Gasteiger partial charge on any atom is 0.165 e. The quantitative estimate of drug-likeness (QED) is 0.777. The van der Waals surface area contributed by atoms with Crippen molar-refractivity contribution in [1.82, 2.24) is 19.5 Å². The van der Waals surface area contributed by atoms with Crippen molar-refractivity contribution in [2.45, 2.75) is 43.9 Å². The third-order valence-electron chi connectivity index (χ3n) is 5.89. The number of anilines is 1. The van der Waals surface area contributed by atoms with Crippen LogP contribution >= 0.6 is 0 Å². The molecule has 3 fully saturated rings. The fourth-order valence-corrected chi connectivity index (χ4v) is 4.49. The molecular weight excluding hydrogens is 294 g/mol. The van der Waals surface area contributed by atoms with Crippen LogP contribution in [0, 0.1) is 17.8 Å². The molecule has 0 aliphatic heterocycles. The second kappa shape index (κ2) is 4.88. The van der Waals surface area contributed by atoms with Gasteiger partial charge in [-0.25, -0.2) is 15.0 Å². The summed E-state index contributed by atoms with van der Waals surface area (Å²) in [7, 11) is 0. The Bertz CT molecular complexity index is 741. The summed E-state index contributed by atoms with van der Waals surface area (Å²) in [5.41, 5.74) is 1.72. The molecule has 0 amide bonds. The second-order valence-electron chi connectivity index (χ2n) is 7.30. The van der Waals surface area contributed by atoms with Crippen LogP contribution in [0.1, 0.15) is 31.7 Å². The van der Waals surface area contributed by atoms with Gasteiger partial charge in [-0.3, -0.25) is 0 Å². The van der Waals surface area contributed by atoms with Crippen molar-refractivity contribution in [2.75, 3.05) is 11.9 Å². The van der Waals surface area contributed by atoms with Gasteiger partial charge >= 0.3 is 0 Å². The minimum atomic E-state index is -0.569. The van der Waals surface area contributed by atoms with Crippen molar-refractivity contribution >= 4 is 17.0 Å². The Morgan fingerprint density at radius 3 is 2.74 bits per heavy atom. The van der Waals surface area contributed by atoms with Crippen LogP contribution in [0.15, 0.2) is 12.7 Å². The highest BCUT2D eigenvalue weighted by Gasteiger charge is 2.51. The molecule has 0 radical (unpaired) electrons. The zero-order chi connectivity index (χ0) is 15.6. The summed E-state index contributed by atoms with van der Waals surface area (Å²) in [6.45, 7) is 0.757. The molecule has 5 rings (SSSR count). The Balaban J connectivity index is 1.34. The Morgan fingerprint density at radius 2 is 2.00 bits per heavy atom. The Morgan fingerprint density at radius 1 is 1.13 bits per heavy atom. The predicted molar refractivity (Wildman–Crippen MR) is 83.8 cm³/mol. The number of aliphatic hydroxyl groups excluding tert-OH is 2. The first kappa shape index (κ1) is 13.7. The van der Waals surface area contributed by atoms with Gasteiger partial charge in [0.1, 0.15) is 11.8 Å².